The Balaban J connectivity index is 1.39. The predicted molar refractivity (Wildman–Crippen MR) is 127 cm³/mol. The van der Waals surface area contributed by atoms with Gasteiger partial charge in [0.15, 0.2) is 0 Å². The molecule has 4 aromatic rings. The molecule has 0 aliphatic rings. The highest BCUT2D eigenvalue weighted by atomic mass is 19.1. The van der Waals surface area contributed by atoms with E-state index in [1.807, 2.05) is 37.3 Å². The Morgan fingerprint density at radius 3 is 2.12 bits per heavy atom. The number of nitrogens with zero attached hydrogens (tertiary/aromatic N) is 1. The molecule has 6 heteroatoms. The minimum Gasteiger partial charge on any atom is -0.341 e. The molecular weight excluding hydrogens is 405 g/mol. The maximum absolute atomic E-state index is 13.0. The van der Waals surface area contributed by atoms with E-state index in [1.54, 1.807) is 0 Å². The van der Waals surface area contributed by atoms with Gasteiger partial charge in [-0.2, -0.15) is 0 Å². The molecule has 0 saturated carbocycles. The van der Waals surface area contributed by atoms with Crippen molar-refractivity contribution in [1.82, 2.24) is 4.57 Å². The number of aryl methyl sites for hydroxylation is 1. The van der Waals surface area contributed by atoms with E-state index in [0.29, 0.717) is 5.69 Å². The first-order valence-electron chi connectivity index (χ1n) is 10.8. The monoisotopic (exact) mass is 431 g/mol. The van der Waals surface area contributed by atoms with Crippen molar-refractivity contribution in [3.05, 3.63) is 72.5 Å². The van der Waals surface area contributed by atoms with E-state index >= 15 is 0 Å². The van der Waals surface area contributed by atoms with Gasteiger partial charge in [0.05, 0.1) is 0 Å². The summed E-state index contributed by atoms with van der Waals surface area (Å²) in [6, 6.07) is 19.8. The number of rotatable bonds is 7. The number of fused-ring (bicyclic) bond motifs is 3. The third-order valence-corrected chi connectivity index (χ3v) is 5.57. The van der Waals surface area contributed by atoms with Gasteiger partial charge in [-0.3, -0.25) is 9.59 Å². The molecule has 164 valence electrons. The fraction of sp³-hybridized carbons (Fsp3) is 0.231. The van der Waals surface area contributed by atoms with Crippen LogP contribution in [0.25, 0.3) is 21.8 Å². The third-order valence-electron chi connectivity index (χ3n) is 5.57. The predicted octanol–water partition coefficient (Wildman–Crippen LogP) is 5.95. The number of nitrogens with one attached hydrogen (secondary N) is 2. The van der Waals surface area contributed by atoms with Gasteiger partial charge in [-0.1, -0.05) is 25.1 Å². The normalized spacial score (nSPS) is 12.1. The minimum absolute atomic E-state index is 0.134. The maximum Gasteiger partial charge on any atom is 0.224 e. The van der Waals surface area contributed by atoms with Crippen LogP contribution in [0.2, 0.25) is 0 Å². The lowest BCUT2D eigenvalue weighted by Crippen LogP contribution is -2.20. The molecule has 0 radical (unpaired) electrons. The Morgan fingerprint density at radius 1 is 0.844 bits per heavy atom. The Morgan fingerprint density at radius 2 is 1.44 bits per heavy atom. The second-order valence-corrected chi connectivity index (χ2v) is 8.11. The number of benzene rings is 3. The molecule has 1 unspecified atom stereocenters. The van der Waals surface area contributed by atoms with Gasteiger partial charge >= 0.3 is 0 Å². The number of aromatic nitrogens is 1. The zero-order valence-electron chi connectivity index (χ0n) is 18.2. The Hall–Kier alpha value is -3.67. The Labute approximate surface area is 186 Å². The summed E-state index contributed by atoms with van der Waals surface area (Å²) in [4.78, 5) is 24.8. The lowest BCUT2D eigenvalue weighted by molar-refractivity contribution is -0.118. The second-order valence-electron chi connectivity index (χ2n) is 8.11. The van der Waals surface area contributed by atoms with Crippen LogP contribution in [-0.2, 0) is 16.1 Å². The first kappa shape index (κ1) is 21.6. The van der Waals surface area contributed by atoms with Crippen LogP contribution in [0.4, 0.5) is 15.8 Å². The fourth-order valence-electron chi connectivity index (χ4n) is 4.13. The summed E-state index contributed by atoms with van der Waals surface area (Å²) in [6.45, 7) is 4.85. The van der Waals surface area contributed by atoms with Crippen molar-refractivity contribution in [2.45, 2.75) is 33.2 Å². The topological polar surface area (TPSA) is 63.1 Å². The average Bonchev–Trinajstić information content (AvgIpc) is 3.08. The summed E-state index contributed by atoms with van der Waals surface area (Å²) in [6.07, 6.45) is 0.430. The third kappa shape index (κ3) is 4.64. The number of hydrogen-bond acceptors (Lipinski definition) is 2. The minimum atomic E-state index is -0.356. The summed E-state index contributed by atoms with van der Waals surface area (Å²) in [5, 5.41) is 7.96. The zero-order valence-corrected chi connectivity index (χ0v) is 18.2. The molecule has 0 saturated heterocycles. The number of amides is 2. The van der Waals surface area contributed by atoms with E-state index in [-0.39, 0.29) is 36.4 Å². The lowest BCUT2D eigenvalue weighted by Gasteiger charge is -2.12. The van der Waals surface area contributed by atoms with Crippen molar-refractivity contribution in [2.24, 2.45) is 5.92 Å². The van der Waals surface area contributed by atoms with Gasteiger partial charge in [0.1, 0.15) is 5.82 Å². The molecule has 2 N–H and O–H groups in total. The van der Waals surface area contributed by atoms with Gasteiger partial charge in [-0.15, -0.1) is 0 Å². The summed E-state index contributed by atoms with van der Waals surface area (Å²) >= 11 is 0. The van der Waals surface area contributed by atoms with E-state index < -0.39 is 0 Å². The number of carbonyl (C=O) groups is 2. The first-order valence-corrected chi connectivity index (χ1v) is 10.8. The van der Waals surface area contributed by atoms with Crippen LogP contribution >= 0.6 is 0 Å². The van der Waals surface area contributed by atoms with E-state index in [4.69, 9.17) is 0 Å². The van der Waals surface area contributed by atoms with Crippen molar-refractivity contribution in [3.8, 4) is 0 Å². The van der Waals surface area contributed by atoms with E-state index in [9.17, 15) is 14.0 Å². The van der Waals surface area contributed by atoms with Gasteiger partial charge in [0, 0.05) is 52.6 Å². The smallest absolute Gasteiger partial charge is 0.224 e. The highest BCUT2D eigenvalue weighted by molar-refractivity contribution is 6.09. The van der Waals surface area contributed by atoms with Gasteiger partial charge in [-0.05, 0) is 61.4 Å². The average molecular weight is 432 g/mol. The first-order chi connectivity index (χ1) is 15.4. The van der Waals surface area contributed by atoms with Gasteiger partial charge in [0.2, 0.25) is 11.8 Å². The molecule has 0 aliphatic carbocycles. The number of hydrogen-bond donors (Lipinski definition) is 2. The maximum atomic E-state index is 13.0. The molecule has 0 bridgehead atoms. The molecule has 32 heavy (non-hydrogen) atoms. The van der Waals surface area contributed by atoms with E-state index in [2.05, 4.69) is 34.3 Å². The number of carbonyl (C=O) groups excluding carboxylic acids is 2. The molecule has 4 rings (SSSR count). The SMILES string of the molecule is CCn1c2ccccc2c2cc(NC(=O)CC(C)CC(=O)Nc3ccc(F)cc3)ccc21. The van der Waals surface area contributed by atoms with E-state index in [0.717, 1.165) is 28.5 Å². The molecule has 3 aromatic carbocycles. The van der Waals surface area contributed by atoms with Crippen LogP contribution in [0.3, 0.4) is 0 Å². The Bertz CT molecular complexity index is 1280. The highest BCUT2D eigenvalue weighted by Crippen LogP contribution is 2.31. The molecular formula is C26H26FN3O2. The summed E-state index contributed by atoms with van der Waals surface area (Å²) in [5.74, 6) is -0.831. The molecule has 0 fully saturated rings. The standard InChI is InChI=1S/C26H26FN3O2/c1-3-30-23-7-5-4-6-21(23)22-16-20(12-13-24(22)30)29-26(32)15-17(2)14-25(31)28-19-10-8-18(27)9-11-19/h4-13,16-17H,3,14-15H2,1-2H3,(H,28,31)(H,29,32). The molecule has 5 nitrogen and oxygen atoms in total. The molecule has 2 amide bonds. The van der Waals surface area contributed by atoms with Crippen molar-refractivity contribution >= 4 is 45.0 Å². The quantitative estimate of drug-likeness (QED) is 0.380. The summed E-state index contributed by atoms with van der Waals surface area (Å²) in [7, 11) is 0. The molecule has 0 spiro atoms. The zero-order chi connectivity index (χ0) is 22.7. The van der Waals surface area contributed by atoms with E-state index in [1.165, 1.54) is 29.8 Å². The Kier molecular flexibility index (Phi) is 6.21. The molecule has 0 aliphatic heterocycles. The molecule has 1 aromatic heterocycles. The van der Waals surface area contributed by atoms with Gasteiger partial charge in [-0.25, -0.2) is 4.39 Å². The van der Waals surface area contributed by atoms with Gasteiger partial charge < -0.3 is 15.2 Å². The highest BCUT2D eigenvalue weighted by Gasteiger charge is 2.15. The van der Waals surface area contributed by atoms with Gasteiger partial charge in [0.25, 0.3) is 0 Å². The number of halogens is 1. The number of anilines is 2. The lowest BCUT2D eigenvalue weighted by atomic mass is 10.0. The van der Waals surface area contributed by atoms with Crippen LogP contribution in [0.1, 0.15) is 26.7 Å². The van der Waals surface area contributed by atoms with Crippen molar-refractivity contribution in [1.29, 1.82) is 0 Å². The summed E-state index contributed by atoms with van der Waals surface area (Å²) in [5.41, 5.74) is 3.59. The van der Waals surface area contributed by atoms with Crippen LogP contribution in [0.15, 0.2) is 66.7 Å². The molecule has 1 heterocycles. The fourth-order valence-corrected chi connectivity index (χ4v) is 4.13. The summed E-state index contributed by atoms with van der Waals surface area (Å²) < 4.78 is 15.2. The molecule has 1 atom stereocenters. The van der Waals surface area contributed by atoms with Crippen molar-refractivity contribution in [2.75, 3.05) is 10.6 Å². The number of para-hydroxylation sites is 1. The van der Waals surface area contributed by atoms with Crippen LogP contribution in [0.5, 0.6) is 0 Å². The van der Waals surface area contributed by atoms with Crippen molar-refractivity contribution < 1.29 is 14.0 Å². The van der Waals surface area contributed by atoms with Crippen LogP contribution in [-0.4, -0.2) is 16.4 Å². The van der Waals surface area contributed by atoms with Crippen molar-refractivity contribution in [3.63, 3.8) is 0 Å². The van der Waals surface area contributed by atoms with Crippen LogP contribution < -0.4 is 10.6 Å². The van der Waals surface area contributed by atoms with Crippen LogP contribution in [0, 0.1) is 11.7 Å². The largest absolute Gasteiger partial charge is 0.341 e. The second kappa shape index (κ2) is 9.22.